The fourth-order valence-corrected chi connectivity index (χ4v) is 5.27. The number of amides is 1. The van der Waals surface area contributed by atoms with Crippen LogP contribution in [0.15, 0.2) is 51.1 Å². The van der Waals surface area contributed by atoms with Gasteiger partial charge in [0.25, 0.3) is 15.9 Å². The summed E-state index contributed by atoms with van der Waals surface area (Å²) in [7, 11) is -3.59. The molecule has 2 atom stereocenters. The van der Waals surface area contributed by atoms with Crippen LogP contribution in [0.1, 0.15) is 43.5 Å². The molecule has 1 saturated carbocycles. The minimum Gasteiger partial charge on any atom is -0.279 e. The van der Waals surface area contributed by atoms with E-state index < -0.39 is 10.0 Å². The third-order valence-electron chi connectivity index (χ3n) is 4.73. The van der Waals surface area contributed by atoms with Gasteiger partial charge in [0.05, 0.1) is 0 Å². The summed E-state index contributed by atoms with van der Waals surface area (Å²) in [4.78, 5) is 12.3. The van der Waals surface area contributed by atoms with Crippen LogP contribution in [-0.4, -0.2) is 20.0 Å². The van der Waals surface area contributed by atoms with Crippen molar-refractivity contribution in [2.45, 2.75) is 37.3 Å². The molecule has 1 aromatic carbocycles. The van der Waals surface area contributed by atoms with E-state index in [2.05, 4.69) is 29.1 Å². The highest BCUT2D eigenvalue weighted by molar-refractivity contribution is 7.94. The largest absolute Gasteiger partial charge is 0.279 e. The number of carbonyl (C=O) groups excluding carboxylic acids is 1. The second-order valence-electron chi connectivity index (χ2n) is 6.83. The predicted octanol–water partition coefficient (Wildman–Crippen LogP) is 4.09. The van der Waals surface area contributed by atoms with E-state index in [9.17, 15) is 13.2 Å². The van der Waals surface area contributed by atoms with Crippen LogP contribution >= 0.6 is 11.3 Å². The van der Waals surface area contributed by atoms with Crippen LogP contribution in [0.4, 0.5) is 5.69 Å². The van der Waals surface area contributed by atoms with Gasteiger partial charge in [0.15, 0.2) is 0 Å². The lowest BCUT2D eigenvalue weighted by molar-refractivity contribution is 0.0954. The molecule has 0 bridgehead atoms. The molecule has 6 nitrogen and oxygen atoms in total. The van der Waals surface area contributed by atoms with E-state index in [-0.39, 0.29) is 10.1 Å². The van der Waals surface area contributed by atoms with Gasteiger partial charge in [-0.05, 0) is 60.4 Å². The van der Waals surface area contributed by atoms with Gasteiger partial charge in [-0.2, -0.15) is 5.10 Å². The quantitative estimate of drug-likeness (QED) is 0.735. The molecule has 0 aliphatic heterocycles. The number of nitrogens with one attached hydrogen (secondary N) is 2. The zero-order chi connectivity index (χ0) is 19.4. The Morgan fingerprint density at radius 2 is 1.78 bits per heavy atom. The van der Waals surface area contributed by atoms with Crippen LogP contribution in [0.3, 0.4) is 0 Å². The first-order valence-electron chi connectivity index (χ1n) is 8.91. The van der Waals surface area contributed by atoms with Crippen LogP contribution in [0.2, 0.25) is 0 Å². The molecule has 1 aliphatic carbocycles. The van der Waals surface area contributed by atoms with Crippen LogP contribution in [0.5, 0.6) is 0 Å². The fraction of sp³-hybridized carbons (Fsp3) is 0.368. The van der Waals surface area contributed by atoms with Crippen molar-refractivity contribution >= 4 is 38.7 Å². The second-order valence-corrected chi connectivity index (χ2v) is 9.68. The topological polar surface area (TPSA) is 87.6 Å². The Labute approximate surface area is 163 Å². The first-order chi connectivity index (χ1) is 12.9. The Balaban J connectivity index is 1.65. The van der Waals surface area contributed by atoms with Gasteiger partial charge in [-0.3, -0.25) is 9.52 Å². The zero-order valence-electron chi connectivity index (χ0n) is 15.3. The van der Waals surface area contributed by atoms with Crippen molar-refractivity contribution in [1.29, 1.82) is 0 Å². The molecule has 1 amide bonds. The number of thiophene rings is 1. The molecular formula is C19H23N3O3S2. The van der Waals surface area contributed by atoms with Gasteiger partial charge in [-0.25, -0.2) is 13.8 Å². The van der Waals surface area contributed by atoms with Crippen LogP contribution < -0.4 is 10.1 Å². The van der Waals surface area contributed by atoms with Gasteiger partial charge >= 0.3 is 0 Å². The maximum absolute atomic E-state index is 12.3. The first kappa shape index (κ1) is 19.6. The molecule has 27 heavy (non-hydrogen) atoms. The summed E-state index contributed by atoms with van der Waals surface area (Å²) >= 11 is 1.15. The number of hydrogen-bond donors (Lipinski definition) is 2. The molecule has 0 spiro atoms. The Hall–Kier alpha value is -2.19. The minimum absolute atomic E-state index is 0.246. The van der Waals surface area contributed by atoms with Crippen molar-refractivity contribution in [3.05, 3.63) is 47.3 Å². The van der Waals surface area contributed by atoms with E-state index >= 15 is 0 Å². The molecule has 3 rings (SSSR count). The van der Waals surface area contributed by atoms with E-state index in [1.54, 1.807) is 41.8 Å². The Bertz CT molecular complexity index is 908. The highest BCUT2D eigenvalue weighted by Gasteiger charge is 2.23. The van der Waals surface area contributed by atoms with Crippen molar-refractivity contribution < 1.29 is 13.2 Å². The summed E-state index contributed by atoms with van der Waals surface area (Å²) in [5.74, 6) is 0.450. The standard InChI is InChI=1S/C19H23N3O3S2/c1-13-5-3-6-14(2)18(13)20-21-19(23)15-8-10-16(11-9-15)22-27(24,25)17-7-4-12-26-17/h4,7-14,22H,3,5-6H2,1-2H3,(H,21,23)/t13-,14-/m0/s1. The lowest BCUT2D eigenvalue weighted by Crippen LogP contribution is -2.29. The van der Waals surface area contributed by atoms with Crippen molar-refractivity contribution in [2.24, 2.45) is 16.9 Å². The number of rotatable bonds is 5. The summed E-state index contributed by atoms with van der Waals surface area (Å²) in [6.07, 6.45) is 3.38. The van der Waals surface area contributed by atoms with Crippen molar-refractivity contribution in [1.82, 2.24) is 5.43 Å². The number of anilines is 1. The van der Waals surface area contributed by atoms with Gasteiger partial charge in [-0.1, -0.05) is 26.3 Å². The van der Waals surface area contributed by atoms with Crippen molar-refractivity contribution in [3.8, 4) is 0 Å². The van der Waals surface area contributed by atoms with E-state index in [0.29, 0.717) is 23.1 Å². The summed E-state index contributed by atoms with van der Waals surface area (Å²) < 4.78 is 27.2. The highest BCUT2D eigenvalue weighted by Crippen LogP contribution is 2.26. The highest BCUT2D eigenvalue weighted by atomic mass is 32.2. The monoisotopic (exact) mass is 405 g/mol. The van der Waals surface area contributed by atoms with E-state index in [1.807, 2.05) is 0 Å². The third-order valence-corrected chi connectivity index (χ3v) is 7.51. The minimum atomic E-state index is -3.59. The predicted molar refractivity (Wildman–Crippen MR) is 109 cm³/mol. The molecule has 1 aliphatic rings. The third kappa shape index (κ3) is 4.75. The van der Waals surface area contributed by atoms with E-state index in [4.69, 9.17) is 0 Å². The smallest absolute Gasteiger partial charge is 0.271 e. The van der Waals surface area contributed by atoms with Gasteiger partial charge in [0.2, 0.25) is 0 Å². The van der Waals surface area contributed by atoms with Gasteiger partial charge in [-0.15, -0.1) is 11.3 Å². The number of sulfonamides is 1. The zero-order valence-corrected chi connectivity index (χ0v) is 16.9. The summed E-state index contributed by atoms with van der Waals surface area (Å²) in [5, 5.41) is 6.05. The molecule has 2 N–H and O–H groups in total. The van der Waals surface area contributed by atoms with Gasteiger partial charge in [0.1, 0.15) is 4.21 Å². The Morgan fingerprint density at radius 1 is 1.11 bits per heavy atom. The van der Waals surface area contributed by atoms with Crippen LogP contribution in [0, 0.1) is 11.8 Å². The van der Waals surface area contributed by atoms with Crippen LogP contribution in [0.25, 0.3) is 0 Å². The van der Waals surface area contributed by atoms with Gasteiger partial charge in [0, 0.05) is 17.0 Å². The molecule has 0 unspecified atom stereocenters. The number of hydrogen-bond acceptors (Lipinski definition) is 5. The van der Waals surface area contributed by atoms with E-state index in [0.717, 1.165) is 29.9 Å². The normalized spacial score (nSPS) is 20.1. The van der Waals surface area contributed by atoms with E-state index in [1.165, 1.54) is 6.42 Å². The molecule has 144 valence electrons. The van der Waals surface area contributed by atoms with Gasteiger partial charge < -0.3 is 0 Å². The lowest BCUT2D eigenvalue weighted by atomic mass is 9.81. The molecular weight excluding hydrogens is 382 g/mol. The summed E-state index contributed by atoms with van der Waals surface area (Å²) in [5.41, 5.74) is 4.50. The molecule has 1 heterocycles. The molecule has 0 saturated heterocycles. The Morgan fingerprint density at radius 3 is 2.37 bits per heavy atom. The Kier molecular flexibility index (Phi) is 5.96. The number of hydrazone groups is 1. The summed E-state index contributed by atoms with van der Waals surface area (Å²) in [6.45, 7) is 4.27. The number of nitrogens with zero attached hydrogens (tertiary/aromatic N) is 1. The van der Waals surface area contributed by atoms with Crippen LogP contribution in [-0.2, 0) is 10.0 Å². The first-order valence-corrected chi connectivity index (χ1v) is 11.3. The fourth-order valence-electron chi connectivity index (χ4n) is 3.22. The molecule has 1 aromatic heterocycles. The average molecular weight is 406 g/mol. The average Bonchev–Trinajstić information content (AvgIpc) is 3.17. The molecule has 0 radical (unpaired) electrons. The molecule has 1 fully saturated rings. The van der Waals surface area contributed by atoms with Crippen molar-refractivity contribution in [3.63, 3.8) is 0 Å². The maximum Gasteiger partial charge on any atom is 0.271 e. The van der Waals surface area contributed by atoms with Crippen molar-refractivity contribution in [2.75, 3.05) is 4.72 Å². The number of benzene rings is 1. The SMILES string of the molecule is C[C@H]1CCC[C@H](C)C1=NNC(=O)c1ccc(NS(=O)(=O)c2cccs2)cc1. The number of carbonyl (C=O) groups is 1. The maximum atomic E-state index is 12.3. The molecule has 2 aromatic rings. The lowest BCUT2D eigenvalue weighted by Gasteiger charge is -2.26. The molecule has 8 heteroatoms. The second kappa shape index (κ2) is 8.22. The summed E-state index contributed by atoms with van der Waals surface area (Å²) in [6, 6.07) is 9.52.